The molecule has 2 heterocycles. The molecule has 2 aromatic carbocycles. The molecule has 182 valence electrons. The van der Waals surface area contributed by atoms with Crippen molar-refractivity contribution in [3.63, 3.8) is 0 Å². The first-order chi connectivity index (χ1) is 16.9. The van der Waals surface area contributed by atoms with Gasteiger partial charge < -0.3 is 10.1 Å². The van der Waals surface area contributed by atoms with E-state index in [0.717, 1.165) is 33.4 Å². The lowest BCUT2D eigenvalue weighted by molar-refractivity contribution is 0.416. The van der Waals surface area contributed by atoms with Crippen LogP contribution in [0.1, 0.15) is 41.1 Å². The first-order valence-electron chi connectivity index (χ1n) is 11.0. The third kappa shape index (κ3) is 5.99. The van der Waals surface area contributed by atoms with Crippen molar-refractivity contribution >= 4 is 43.8 Å². The third-order valence-corrected chi connectivity index (χ3v) is 7.94. The summed E-state index contributed by atoms with van der Waals surface area (Å²) in [6.07, 6.45) is 3.02. The lowest BCUT2D eigenvalue weighted by atomic mass is 10.0. The molecule has 0 bridgehead atoms. The molecule has 0 spiro atoms. The zero-order valence-electron chi connectivity index (χ0n) is 18.8. The maximum atomic E-state index is 11.1. The van der Waals surface area contributed by atoms with Gasteiger partial charge in [0, 0.05) is 22.2 Å². The first-order valence-corrected chi connectivity index (χ1v) is 14.2. The summed E-state index contributed by atoms with van der Waals surface area (Å²) in [5, 5.41) is 9.62. The lowest BCUT2D eigenvalue weighted by Crippen LogP contribution is -2.14. The summed E-state index contributed by atoms with van der Waals surface area (Å²) in [6.45, 7) is 0. The maximum Gasteiger partial charge on any atom is 0.357 e. The molecule has 1 aliphatic rings. The molecule has 5 rings (SSSR count). The average Bonchev–Trinajstić information content (AvgIpc) is 3.38. The minimum absolute atomic E-state index is 0.115. The summed E-state index contributed by atoms with van der Waals surface area (Å²) >= 11 is 3.22. The summed E-state index contributed by atoms with van der Waals surface area (Å²) in [7, 11) is -2.66. The summed E-state index contributed by atoms with van der Waals surface area (Å²) < 4.78 is 38.7. The Kier molecular flexibility index (Phi) is 6.74. The standard InChI is InChI=1S/C24H24N4O4S3/c1-32-22-5-3-2-4-18(22)20-13-34-24(27-20)26-19(21-14-33-23(25-21)16-8-9-16)12-15-6-10-17(11-7-15)28-35(29,30)31/h2-7,10-11,13-14,16,19,28H,8-9,12H2,1H3,(H,26,27)(H,29,30,31). The van der Waals surface area contributed by atoms with Crippen molar-refractivity contribution in [2.24, 2.45) is 0 Å². The van der Waals surface area contributed by atoms with Gasteiger partial charge in [0.2, 0.25) is 0 Å². The minimum atomic E-state index is -4.31. The number of anilines is 2. The molecule has 11 heteroatoms. The van der Waals surface area contributed by atoms with Crippen molar-refractivity contribution in [3.05, 3.63) is 75.6 Å². The Bertz CT molecular complexity index is 1410. The molecule has 1 unspecified atom stereocenters. The second-order valence-corrected chi connectivity index (χ2v) is 11.2. The van der Waals surface area contributed by atoms with Gasteiger partial charge in [-0.3, -0.25) is 9.27 Å². The van der Waals surface area contributed by atoms with Crippen LogP contribution in [0.2, 0.25) is 0 Å². The third-order valence-electron chi connectivity index (χ3n) is 5.65. The largest absolute Gasteiger partial charge is 0.496 e. The van der Waals surface area contributed by atoms with Gasteiger partial charge in [-0.25, -0.2) is 9.97 Å². The van der Waals surface area contributed by atoms with Crippen molar-refractivity contribution in [2.75, 3.05) is 17.1 Å². The van der Waals surface area contributed by atoms with Crippen LogP contribution in [-0.4, -0.2) is 30.0 Å². The van der Waals surface area contributed by atoms with Crippen LogP contribution in [0, 0.1) is 0 Å². The van der Waals surface area contributed by atoms with E-state index in [2.05, 4.69) is 15.4 Å². The Balaban J connectivity index is 1.38. The Hall–Kier alpha value is -2.99. The number of aromatic nitrogens is 2. The summed E-state index contributed by atoms with van der Waals surface area (Å²) in [5.74, 6) is 1.35. The quantitative estimate of drug-likeness (QED) is 0.224. The van der Waals surface area contributed by atoms with E-state index in [0.29, 0.717) is 18.0 Å². The van der Waals surface area contributed by atoms with Crippen LogP contribution in [0.15, 0.2) is 59.3 Å². The predicted octanol–water partition coefficient (Wildman–Crippen LogP) is 5.76. The van der Waals surface area contributed by atoms with Crippen LogP contribution < -0.4 is 14.8 Å². The minimum Gasteiger partial charge on any atom is -0.496 e. The number of hydrogen-bond acceptors (Lipinski definition) is 8. The van der Waals surface area contributed by atoms with Crippen LogP contribution in [0.25, 0.3) is 11.3 Å². The van der Waals surface area contributed by atoms with Gasteiger partial charge in [0.15, 0.2) is 5.13 Å². The average molecular weight is 529 g/mol. The highest BCUT2D eigenvalue weighted by atomic mass is 32.2. The molecule has 1 aliphatic carbocycles. The highest BCUT2D eigenvalue weighted by Crippen LogP contribution is 2.42. The number of benzene rings is 2. The molecule has 0 radical (unpaired) electrons. The molecule has 8 nitrogen and oxygen atoms in total. The Morgan fingerprint density at radius 2 is 1.86 bits per heavy atom. The topological polar surface area (TPSA) is 113 Å². The van der Waals surface area contributed by atoms with E-state index in [9.17, 15) is 8.42 Å². The number of rotatable bonds is 10. The fraction of sp³-hybridized carbons (Fsp3) is 0.250. The summed E-state index contributed by atoms with van der Waals surface area (Å²) in [6, 6.07) is 14.6. The van der Waals surface area contributed by atoms with Crippen molar-refractivity contribution in [1.82, 2.24) is 9.97 Å². The number of para-hydroxylation sites is 1. The van der Waals surface area contributed by atoms with E-state index in [1.165, 1.54) is 29.2 Å². The lowest BCUT2D eigenvalue weighted by Gasteiger charge is -2.17. The Morgan fingerprint density at radius 1 is 1.09 bits per heavy atom. The van der Waals surface area contributed by atoms with Gasteiger partial charge in [-0.15, -0.1) is 22.7 Å². The Labute approximate surface area is 211 Å². The molecule has 3 N–H and O–H groups in total. The van der Waals surface area contributed by atoms with Crippen molar-refractivity contribution < 1.29 is 17.7 Å². The van der Waals surface area contributed by atoms with Crippen molar-refractivity contribution in [1.29, 1.82) is 0 Å². The van der Waals surface area contributed by atoms with E-state index in [1.54, 1.807) is 30.6 Å². The summed E-state index contributed by atoms with van der Waals surface area (Å²) in [4.78, 5) is 9.71. The van der Waals surface area contributed by atoms with Gasteiger partial charge in [0.25, 0.3) is 0 Å². The van der Waals surface area contributed by atoms with E-state index in [4.69, 9.17) is 19.3 Å². The number of hydrogen-bond donors (Lipinski definition) is 3. The van der Waals surface area contributed by atoms with E-state index in [-0.39, 0.29) is 6.04 Å². The molecule has 1 fully saturated rings. The van der Waals surface area contributed by atoms with E-state index in [1.807, 2.05) is 41.8 Å². The normalized spacial score (nSPS) is 14.5. The molecule has 2 aromatic heterocycles. The monoisotopic (exact) mass is 528 g/mol. The molecule has 35 heavy (non-hydrogen) atoms. The molecule has 1 atom stereocenters. The number of ether oxygens (including phenoxy) is 1. The number of nitrogens with one attached hydrogen (secondary N) is 2. The Morgan fingerprint density at radius 3 is 2.57 bits per heavy atom. The molecular weight excluding hydrogens is 504 g/mol. The van der Waals surface area contributed by atoms with Gasteiger partial charge in [-0.1, -0.05) is 24.3 Å². The fourth-order valence-corrected chi connectivity index (χ4v) is 6.01. The van der Waals surface area contributed by atoms with Gasteiger partial charge in [-0.2, -0.15) is 8.42 Å². The highest BCUT2D eigenvalue weighted by Gasteiger charge is 2.28. The zero-order valence-corrected chi connectivity index (χ0v) is 21.3. The van der Waals surface area contributed by atoms with Crippen LogP contribution >= 0.6 is 22.7 Å². The smallest absolute Gasteiger partial charge is 0.357 e. The molecule has 1 saturated carbocycles. The van der Waals surface area contributed by atoms with Gasteiger partial charge in [-0.05, 0) is 49.1 Å². The highest BCUT2D eigenvalue weighted by molar-refractivity contribution is 7.87. The number of methoxy groups -OCH3 is 1. The van der Waals surface area contributed by atoms with Gasteiger partial charge in [0.1, 0.15) is 5.75 Å². The van der Waals surface area contributed by atoms with Crippen LogP contribution in [0.4, 0.5) is 10.8 Å². The maximum absolute atomic E-state index is 11.1. The van der Waals surface area contributed by atoms with Gasteiger partial charge in [0.05, 0.1) is 35.2 Å². The van der Waals surface area contributed by atoms with Gasteiger partial charge >= 0.3 is 10.3 Å². The first kappa shape index (κ1) is 23.7. The predicted molar refractivity (Wildman–Crippen MR) is 140 cm³/mol. The van der Waals surface area contributed by atoms with Crippen LogP contribution in [0.5, 0.6) is 5.75 Å². The second kappa shape index (κ2) is 9.94. The van der Waals surface area contributed by atoms with Crippen LogP contribution in [-0.2, 0) is 16.7 Å². The number of thiazole rings is 2. The molecule has 0 amide bonds. The van der Waals surface area contributed by atoms with Crippen LogP contribution in [0.3, 0.4) is 0 Å². The van der Waals surface area contributed by atoms with E-state index < -0.39 is 10.3 Å². The zero-order chi connectivity index (χ0) is 24.4. The summed E-state index contributed by atoms with van der Waals surface area (Å²) in [5.41, 5.74) is 4.03. The number of nitrogens with zero attached hydrogens (tertiary/aromatic N) is 2. The second-order valence-electron chi connectivity index (χ2n) is 8.30. The molecular formula is C24H24N4O4S3. The molecule has 0 saturated heterocycles. The van der Waals surface area contributed by atoms with Crippen molar-refractivity contribution in [3.8, 4) is 17.0 Å². The van der Waals surface area contributed by atoms with E-state index >= 15 is 0 Å². The molecule has 0 aliphatic heterocycles. The SMILES string of the molecule is COc1ccccc1-c1csc(NC(Cc2ccc(NS(=O)(=O)O)cc2)c2csc(C3CC3)n2)n1. The molecule has 4 aromatic rings. The fourth-order valence-electron chi connectivity index (χ4n) is 3.77. The van der Waals surface area contributed by atoms with Crippen molar-refractivity contribution in [2.45, 2.75) is 31.2 Å².